The Bertz CT molecular complexity index is 727. The number of benzene rings is 2. The smallest absolute Gasteiger partial charge is 0.270 e. The summed E-state index contributed by atoms with van der Waals surface area (Å²) in [5, 5.41) is 10.9. The molecule has 24 heavy (non-hydrogen) atoms. The highest BCUT2D eigenvalue weighted by Gasteiger charge is 2.25. The SMILES string of the molecule is CCC(CC)N(C(=O)c1cccc([N+](=O)[O-])c1)c1ccc(F)cc1. The van der Waals surface area contributed by atoms with E-state index < -0.39 is 4.92 Å². The maximum Gasteiger partial charge on any atom is 0.270 e. The van der Waals surface area contributed by atoms with Crippen molar-refractivity contribution in [2.45, 2.75) is 32.7 Å². The average Bonchev–Trinajstić information content (AvgIpc) is 2.60. The Morgan fingerprint density at radius 1 is 1.17 bits per heavy atom. The molecule has 0 heterocycles. The topological polar surface area (TPSA) is 63.5 Å². The molecule has 2 rings (SSSR count). The van der Waals surface area contributed by atoms with Gasteiger partial charge in [0.05, 0.1) is 4.92 Å². The van der Waals surface area contributed by atoms with Crippen LogP contribution in [0.3, 0.4) is 0 Å². The number of hydrogen-bond donors (Lipinski definition) is 0. The second-order valence-electron chi connectivity index (χ2n) is 5.43. The van der Waals surface area contributed by atoms with E-state index in [1.807, 2.05) is 13.8 Å². The van der Waals surface area contributed by atoms with Crippen molar-refractivity contribution in [2.75, 3.05) is 4.90 Å². The van der Waals surface area contributed by atoms with Gasteiger partial charge in [-0.1, -0.05) is 19.9 Å². The Balaban J connectivity index is 2.46. The number of carbonyl (C=O) groups excluding carboxylic acids is 1. The normalized spacial score (nSPS) is 10.7. The van der Waals surface area contributed by atoms with Crippen molar-refractivity contribution in [1.82, 2.24) is 0 Å². The molecule has 0 aliphatic rings. The third kappa shape index (κ3) is 3.76. The minimum Gasteiger partial charge on any atom is -0.305 e. The molecule has 0 aliphatic carbocycles. The third-order valence-corrected chi connectivity index (χ3v) is 3.94. The fourth-order valence-corrected chi connectivity index (χ4v) is 2.64. The number of hydrogen-bond acceptors (Lipinski definition) is 3. The van der Waals surface area contributed by atoms with E-state index in [-0.39, 0.29) is 29.0 Å². The Morgan fingerprint density at radius 3 is 2.33 bits per heavy atom. The summed E-state index contributed by atoms with van der Waals surface area (Å²) in [7, 11) is 0. The Labute approximate surface area is 139 Å². The first-order valence-electron chi connectivity index (χ1n) is 7.81. The molecule has 2 aromatic carbocycles. The minimum atomic E-state index is -0.532. The van der Waals surface area contributed by atoms with Crippen LogP contribution in [0.25, 0.3) is 0 Å². The summed E-state index contributed by atoms with van der Waals surface area (Å²) < 4.78 is 13.2. The van der Waals surface area contributed by atoms with Gasteiger partial charge in [-0.15, -0.1) is 0 Å². The molecular weight excluding hydrogens is 311 g/mol. The maximum atomic E-state index is 13.2. The Kier molecular flexibility index (Phi) is 5.63. The van der Waals surface area contributed by atoms with Crippen LogP contribution in [-0.4, -0.2) is 16.9 Å². The molecule has 0 aliphatic heterocycles. The van der Waals surface area contributed by atoms with Crippen LogP contribution < -0.4 is 4.90 Å². The Morgan fingerprint density at radius 2 is 1.79 bits per heavy atom. The van der Waals surface area contributed by atoms with Gasteiger partial charge in [-0.05, 0) is 43.2 Å². The van der Waals surface area contributed by atoms with Crippen molar-refractivity contribution in [3.8, 4) is 0 Å². The summed E-state index contributed by atoms with van der Waals surface area (Å²) in [5.74, 6) is -0.718. The molecule has 2 aromatic rings. The van der Waals surface area contributed by atoms with E-state index >= 15 is 0 Å². The lowest BCUT2D eigenvalue weighted by molar-refractivity contribution is -0.384. The number of amides is 1. The van der Waals surface area contributed by atoms with Crippen LogP contribution >= 0.6 is 0 Å². The van der Waals surface area contributed by atoms with Crippen molar-refractivity contribution in [1.29, 1.82) is 0 Å². The molecular formula is C18H19FN2O3. The van der Waals surface area contributed by atoms with Gasteiger partial charge in [-0.2, -0.15) is 0 Å². The largest absolute Gasteiger partial charge is 0.305 e. The van der Waals surface area contributed by atoms with Crippen molar-refractivity contribution >= 4 is 17.3 Å². The zero-order chi connectivity index (χ0) is 17.7. The first-order chi connectivity index (χ1) is 11.5. The fourth-order valence-electron chi connectivity index (χ4n) is 2.64. The van der Waals surface area contributed by atoms with Crippen molar-refractivity contribution in [2.24, 2.45) is 0 Å². The van der Waals surface area contributed by atoms with E-state index in [9.17, 15) is 19.3 Å². The van der Waals surface area contributed by atoms with Crippen LogP contribution in [0.2, 0.25) is 0 Å². The summed E-state index contributed by atoms with van der Waals surface area (Å²) >= 11 is 0. The summed E-state index contributed by atoms with van der Waals surface area (Å²) in [6.45, 7) is 3.93. The summed E-state index contributed by atoms with van der Waals surface area (Å²) in [6, 6.07) is 11.2. The molecule has 0 saturated heterocycles. The zero-order valence-corrected chi connectivity index (χ0v) is 13.6. The predicted octanol–water partition coefficient (Wildman–Crippen LogP) is 4.57. The van der Waals surface area contributed by atoms with Gasteiger partial charge in [0.2, 0.25) is 0 Å². The predicted molar refractivity (Wildman–Crippen MR) is 90.7 cm³/mol. The molecule has 0 unspecified atom stereocenters. The van der Waals surface area contributed by atoms with Gasteiger partial charge in [0.15, 0.2) is 0 Å². The quantitative estimate of drug-likeness (QED) is 0.576. The average molecular weight is 330 g/mol. The number of carbonyl (C=O) groups is 1. The number of nitrogens with zero attached hydrogens (tertiary/aromatic N) is 2. The number of nitro groups is 1. The number of rotatable bonds is 6. The minimum absolute atomic E-state index is 0.0813. The van der Waals surface area contributed by atoms with Crippen LogP contribution in [-0.2, 0) is 0 Å². The van der Waals surface area contributed by atoms with E-state index in [0.29, 0.717) is 18.5 Å². The van der Waals surface area contributed by atoms with E-state index in [2.05, 4.69) is 0 Å². The lowest BCUT2D eigenvalue weighted by atomic mass is 10.1. The standard InChI is InChI=1S/C18H19FN2O3/c1-3-15(4-2)20(16-10-8-14(19)9-11-16)18(22)13-6-5-7-17(12-13)21(23)24/h5-12,15H,3-4H2,1-2H3. The summed E-state index contributed by atoms with van der Waals surface area (Å²) in [4.78, 5) is 25.0. The van der Waals surface area contributed by atoms with Crippen molar-refractivity contribution in [3.63, 3.8) is 0 Å². The molecule has 0 atom stereocenters. The lowest BCUT2D eigenvalue weighted by Gasteiger charge is -2.30. The molecule has 5 nitrogen and oxygen atoms in total. The first kappa shape index (κ1) is 17.6. The molecule has 0 aromatic heterocycles. The molecule has 6 heteroatoms. The number of nitro benzene ring substituents is 1. The molecule has 0 N–H and O–H groups in total. The van der Waals surface area contributed by atoms with Gasteiger partial charge < -0.3 is 4.90 Å². The molecule has 0 spiro atoms. The van der Waals surface area contributed by atoms with Gasteiger partial charge in [0.1, 0.15) is 5.82 Å². The molecule has 0 bridgehead atoms. The highest BCUT2D eigenvalue weighted by molar-refractivity contribution is 6.06. The van der Waals surface area contributed by atoms with E-state index in [1.165, 1.54) is 30.3 Å². The van der Waals surface area contributed by atoms with E-state index in [1.54, 1.807) is 23.1 Å². The van der Waals surface area contributed by atoms with Crippen LogP contribution in [0.15, 0.2) is 48.5 Å². The van der Waals surface area contributed by atoms with Crippen molar-refractivity contribution in [3.05, 3.63) is 70.0 Å². The molecule has 126 valence electrons. The highest BCUT2D eigenvalue weighted by Crippen LogP contribution is 2.25. The van der Waals surface area contributed by atoms with E-state index in [0.717, 1.165) is 0 Å². The van der Waals surface area contributed by atoms with E-state index in [4.69, 9.17) is 0 Å². The monoisotopic (exact) mass is 330 g/mol. The highest BCUT2D eigenvalue weighted by atomic mass is 19.1. The fraction of sp³-hybridized carbons (Fsp3) is 0.278. The van der Waals surface area contributed by atoms with Crippen LogP contribution in [0, 0.1) is 15.9 Å². The van der Waals surface area contributed by atoms with Gasteiger partial charge in [0.25, 0.3) is 11.6 Å². The second-order valence-corrected chi connectivity index (χ2v) is 5.43. The summed E-state index contributed by atoms with van der Waals surface area (Å²) in [5.41, 5.74) is 0.673. The van der Waals surface area contributed by atoms with Crippen LogP contribution in [0.5, 0.6) is 0 Å². The molecule has 0 saturated carbocycles. The first-order valence-corrected chi connectivity index (χ1v) is 7.81. The summed E-state index contributed by atoms with van der Waals surface area (Å²) in [6.07, 6.45) is 1.43. The molecule has 0 radical (unpaired) electrons. The van der Waals surface area contributed by atoms with Crippen LogP contribution in [0.1, 0.15) is 37.0 Å². The number of halogens is 1. The zero-order valence-electron chi connectivity index (χ0n) is 13.6. The van der Waals surface area contributed by atoms with Gasteiger partial charge in [-0.25, -0.2) is 4.39 Å². The number of non-ortho nitro benzene ring substituents is 1. The van der Waals surface area contributed by atoms with Gasteiger partial charge >= 0.3 is 0 Å². The van der Waals surface area contributed by atoms with Gasteiger partial charge in [0, 0.05) is 29.4 Å². The van der Waals surface area contributed by atoms with Gasteiger partial charge in [-0.3, -0.25) is 14.9 Å². The Hall–Kier alpha value is -2.76. The molecule has 0 fully saturated rings. The lowest BCUT2D eigenvalue weighted by Crippen LogP contribution is -2.40. The number of anilines is 1. The second kappa shape index (κ2) is 7.68. The van der Waals surface area contributed by atoms with Crippen molar-refractivity contribution < 1.29 is 14.1 Å². The molecule has 1 amide bonds. The van der Waals surface area contributed by atoms with Crippen LogP contribution in [0.4, 0.5) is 15.8 Å². The third-order valence-electron chi connectivity index (χ3n) is 3.94. The maximum absolute atomic E-state index is 13.2.